The van der Waals surface area contributed by atoms with E-state index in [0.29, 0.717) is 11.2 Å². The molecule has 0 aliphatic heterocycles. The van der Waals surface area contributed by atoms with Gasteiger partial charge in [-0.25, -0.2) is 4.98 Å². The van der Waals surface area contributed by atoms with Gasteiger partial charge in [0, 0.05) is 13.0 Å². The fourth-order valence-corrected chi connectivity index (χ4v) is 1.42. The largest absolute Gasteiger partial charge is 0.293 e. The van der Waals surface area contributed by atoms with Crippen molar-refractivity contribution >= 4 is 23.0 Å². The first kappa shape index (κ1) is 10.8. The number of carbonyl (C=O) groups excluding carboxylic acids is 1. The summed E-state index contributed by atoms with van der Waals surface area (Å²) in [6.45, 7) is 3.11. The average molecular weight is 238 g/mol. The summed E-state index contributed by atoms with van der Waals surface area (Å²) in [6.07, 6.45) is 0. The summed E-state index contributed by atoms with van der Waals surface area (Å²) in [6, 6.07) is 2.76. The Morgan fingerprint density at radius 1 is 1.44 bits per heavy atom. The molecule has 82 valence electrons. The minimum atomic E-state index is -0.419. The zero-order valence-corrected chi connectivity index (χ0v) is 9.45. The van der Waals surface area contributed by atoms with Crippen LogP contribution < -0.4 is 5.56 Å². The van der Waals surface area contributed by atoms with Gasteiger partial charge in [0.1, 0.15) is 5.69 Å². The molecule has 0 atom stereocenters. The normalized spacial score (nSPS) is 10.7. The topological polar surface area (TPSA) is 64.3 Å². The number of aromatic nitrogens is 3. The quantitative estimate of drug-likeness (QED) is 0.701. The molecule has 2 rings (SSSR count). The molecule has 0 aliphatic carbocycles. The van der Waals surface area contributed by atoms with Crippen molar-refractivity contribution in [3.8, 4) is 0 Å². The van der Waals surface area contributed by atoms with Crippen LogP contribution in [0, 0.1) is 6.92 Å². The molecule has 0 fully saturated rings. The Morgan fingerprint density at radius 2 is 2.12 bits per heavy atom. The molecule has 0 saturated heterocycles. The Morgan fingerprint density at radius 3 is 2.75 bits per heavy atom. The summed E-state index contributed by atoms with van der Waals surface area (Å²) in [4.78, 5) is 26.8. The van der Waals surface area contributed by atoms with Gasteiger partial charge in [0.15, 0.2) is 16.6 Å². The maximum Gasteiger partial charge on any atom is 0.275 e. The van der Waals surface area contributed by atoms with Crippen LogP contribution in [-0.4, -0.2) is 20.4 Å². The maximum atomic E-state index is 11.6. The highest BCUT2D eigenvalue weighted by molar-refractivity contribution is 6.30. The molecule has 2 aromatic heterocycles. The van der Waals surface area contributed by atoms with Crippen LogP contribution in [0.4, 0.5) is 0 Å². The number of ketones is 1. The summed E-state index contributed by atoms with van der Waals surface area (Å²) in [5.74, 6) is -0.257. The van der Waals surface area contributed by atoms with Crippen molar-refractivity contribution < 1.29 is 4.79 Å². The molecule has 5 nitrogen and oxygen atoms in total. The molecule has 0 N–H and O–H groups in total. The number of fused-ring (bicyclic) bond motifs is 1. The predicted octanol–water partition coefficient (Wildman–Crippen LogP) is 1.25. The lowest BCUT2D eigenvalue weighted by Gasteiger charge is -2.03. The van der Waals surface area contributed by atoms with Crippen LogP contribution in [0.25, 0.3) is 5.65 Å². The van der Waals surface area contributed by atoms with E-state index in [2.05, 4.69) is 10.1 Å². The van der Waals surface area contributed by atoms with Crippen molar-refractivity contribution in [1.82, 2.24) is 14.6 Å². The summed E-state index contributed by atoms with van der Waals surface area (Å²) >= 11 is 5.80. The molecule has 16 heavy (non-hydrogen) atoms. The lowest BCUT2D eigenvalue weighted by molar-refractivity contribution is 0.101. The van der Waals surface area contributed by atoms with Crippen molar-refractivity contribution in [3.05, 3.63) is 38.9 Å². The van der Waals surface area contributed by atoms with Crippen LogP contribution in [0.15, 0.2) is 16.9 Å². The zero-order valence-electron chi connectivity index (χ0n) is 8.69. The van der Waals surface area contributed by atoms with Crippen molar-refractivity contribution in [3.63, 3.8) is 0 Å². The van der Waals surface area contributed by atoms with Gasteiger partial charge in [0.25, 0.3) is 5.56 Å². The number of hydrogen-bond acceptors (Lipinski definition) is 4. The Balaban J connectivity index is 2.88. The molecule has 0 aliphatic rings. The smallest absolute Gasteiger partial charge is 0.275 e. The van der Waals surface area contributed by atoms with E-state index in [9.17, 15) is 9.59 Å². The third-order valence-electron chi connectivity index (χ3n) is 2.14. The van der Waals surface area contributed by atoms with Gasteiger partial charge in [-0.05, 0) is 18.6 Å². The van der Waals surface area contributed by atoms with Crippen molar-refractivity contribution in [1.29, 1.82) is 0 Å². The van der Waals surface area contributed by atoms with Gasteiger partial charge in [0.05, 0.1) is 0 Å². The number of aryl methyl sites for hydroxylation is 1. The van der Waals surface area contributed by atoms with Gasteiger partial charge in [-0.2, -0.15) is 9.61 Å². The molecule has 2 heterocycles. The highest BCUT2D eigenvalue weighted by atomic mass is 35.5. The lowest BCUT2D eigenvalue weighted by atomic mass is 10.3. The third kappa shape index (κ3) is 1.69. The second-order valence-corrected chi connectivity index (χ2v) is 3.78. The number of nitrogens with zero attached hydrogens (tertiary/aromatic N) is 3. The second kappa shape index (κ2) is 3.68. The van der Waals surface area contributed by atoms with Crippen LogP contribution in [0.2, 0.25) is 5.15 Å². The first-order chi connectivity index (χ1) is 7.49. The highest BCUT2D eigenvalue weighted by Crippen LogP contribution is 2.11. The number of carbonyl (C=O) groups is 1. The lowest BCUT2D eigenvalue weighted by Crippen LogP contribution is -2.19. The predicted molar refractivity (Wildman–Crippen MR) is 59.0 cm³/mol. The van der Waals surface area contributed by atoms with Crippen LogP contribution in [0.1, 0.15) is 23.0 Å². The van der Waals surface area contributed by atoms with Crippen LogP contribution in [0.5, 0.6) is 0 Å². The van der Waals surface area contributed by atoms with Gasteiger partial charge in [-0.15, -0.1) is 0 Å². The average Bonchev–Trinajstić information content (AvgIpc) is 2.20. The Hall–Kier alpha value is -1.75. The van der Waals surface area contributed by atoms with Crippen LogP contribution in [0.3, 0.4) is 0 Å². The molecule has 0 bridgehead atoms. The van der Waals surface area contributed by atoms with Crippen LogP contribution in [-0.2, 0) is 0 Å². The zero-order chi connectivity index (χ0) is 11.9. The van der Waals surface area contributed by atoms with E-state index in [1.54, 1.807) is 13.0 Å². The molecule has 0 spiro atoms. The summed E-state index contributed by atoms with van der Waals surface area (Å²) < 4.78 is 1.07. The molecule has 0 aromatic carbocycles. The minimum absolute atomic E-state index is 0.133. The first-order valence-electron chi connectivity index (χ1n) is 4.57. The maximum absolute atomic E-state index is 11.6. The summed E-state index contributed by atoms with van der Waals surface area (Å²) in [5.41, 5.74) is 0.736. The fourth-order valence-electron chi connectivity index (χ4n) is 1.29. The minimum Gasteiger partial charge on any atom is -0.293 e. The monoisotopic (exact) mass is 237 g/mol. The molecule has 0 radical (unpaired) electrons. The fraction of sp³-hybridized carbons (Fsp3) is 0.200. The SMILES string of the molecule is CC(=O)c1cc(=O)n2nc(Cl)c(C)cc2n1. The van der Waals surface area contributed by atoms with Gasteiger partial charge in [0.2, 0.25) is 0 Å². The number of Topliss-reactive ketones (excluding diaryl/α,β-unsaturated/α-hetero) is 1. The molecule has 2 aromatic rings. The molecule has 6 heteroatoms. The molecule has 0 unspecified atom stereocenters. The van der Waals surface area contributed by atoms with Crippen LogP contribution >= 0.6 is 11.6 Å². The van der Waals surface area contributed by atoms with Crippen molar-refractivity contribution in [2.24, 2.45) is 0 Å². The second-order valence-electron chi connectivity index (χ2n) is 3.42. The number of hydrogen-bond donors (Lipinski definition) is 0. The van der Waals surface area contributed by atoms with E-state index in [0.717, 1.165) is 10.6 Å². The molecule has 0 saturated carbocycles. The summed E-state index contributed by atoms with van der Waals surface area (Å²) in [7, 11) is 0. The van der Waals surface area contributed by atoms with Gasteiger partial charge in [-0.3, -0.25) is 9.59 Å². The van der Waals surface area contributed by atoms with Gasteiger partial charge >= 0.3 is 0 Å². The molecular formula is C10H8ClN3O2. The molecule has 0 amide bonds. The van der Waals surface area contributed by atoms with Gasteiger partial charge < -0.3 is 0 Å². The van der Waals surface area contributed by atoms with E-state index < -0.39 is 5.56 Å². The first-order valence-corrected chi connectivity index (χ1v) is 4.95. The number of rotatable bonds is 1. The molecular weight excluding hydrogens is 230 g/mol. The summed E-state index contributed by atoms with van der Waals surface area (Å²) in [5, 5.41) is 4.11. The van der Waals surface area contributed by atoms with E-state index in [1.807, 2.05) is 0 Å². The van der Waals surface area contributed by atoms with E-state index in [-0.39, 0.29) is 16.6 Å². The Labute approximate surface area is 95.7 Å². The Kier molecular flexibility index (Phi) is 2.47. The van der Waals surface area contributed by atoms with E-state index in [1.165, 1.54) is 6.92 Å². The van der Waals surface area contributed by atoms with Crippen molar-refractivity contribution in [2.45, 2.75) is 13.8 Å². The highest BCUT2D eigenvalue weighted by Gasteiger charge is 2.08. The van der Waals surface area contributed by atoms with E-state index >= 15 is 0 Å². The third-order valence-corrected chi connectivity index (χ3v) is 2.51. The standard InChI is InChI=1S/C10H8ClN3O2/c1-5-3-8-12-7(6(2)15)4-9(16)14(8)13-10(5)11/h3-4H,1-2H3. The Bertz CT molecular complexity index is 648. The van der Waals surface area contributed by atoms with Gasteiger partial charge in [-0.1, -0.05) is 11.6 Å². The van der Waals surface area contributed by atoms with Crippen molar-refractivity contribution in [2.75, 3.05) is 0 Å². The van der Waals surface area contributed by atoms with E-state index in [4.69, 9.17) is 11.6 Å². The number of halogens is 1.